The van der Waals surface area contributed by atoms with Gasteiger partial charge in [0, 0.05) is 23.3 Å². The van der Waals surface area contributed by atoms with Gasteiger partial charge in [-0.1, -0.05) is 15.9 Å². The Morgan fingerprint density at radius 2 is 2.14 bits per heavy atom. The molecule has 1 aromatic heterocycles. The molecule has 2 N–H and O–H groups in total. The van der Waals surface area contributed by atoms with Crippen LogP contribution in [0.5, 0.6) is 0 Å². The third-order valence-corrected chi connectivity index (χ3v) is 4.61. The number of carbonyl (C=O) groups is 1. The SMILES string of the molecule is Cc1cc(C(=O)N2CC[C@@H](CN)C2)nn1-c1ccc(Br)cc1. The van der Waals surface area contributed by atoms with Crippen LogP contribution in [0.2, 0.25) is 0 Å². The van der Waals surface area contributed by atoms with Gasteiger partial charge in [0.25, 0.3) is 5.91 Å². The van der Waals surface area contributed by atoms with Crippen molar-refractivity contribution in [3.8, 4) is 5.69 Å². The van der Waals surface area contributed by atoms with Gasteiger partial charge in [0.1, 0.15) is 0 Å². The van der Waals surface area contributed by atoms with Gasteiger partial charge < -0.3 is 10.6 Å². The predicted octanol–water partition coefficient (Wildman–Crippen LogP) is 2.36. The number of rotatable bonds is 3. The molecule has 0 unspecified atom stereocenters. The van der Waals surface area contributed by atoms with E-state index in [4.69, 9.17) is 5.73 Å². The van der Waals surface area contributed by atoms with Crippen LogP contribution in [0.1, 0.15) is 22.6 Å². The van der Waals surface area contributed by atoms with Gasteiger partial charge in [0.15, 0.2) is 5.69 Å². The van der Waals surface area contributed by atoms with Gasteiger partial charge in [-0.3, -0.25) is 4.79 Å². The van der Waals surface area contributed by atoms with Crippen molar-refractivity contribution in [3.05, 3.63) is 46.2 Å². The number of halogens is 1. The topological polar surface area (TPSA) is 64.2 Å². The third kappa shape index (κ3) is 2.94. The van der Waals surface area contributed by atoms with Crippen molar-refractivity contribution in [2.75, 3.05) is 19.6 Å². The van der Waals surface area contributed by atoms with E-state index < -0.39 is 0 Å². The van der Waals surface area contributed by atoms with Crippen LogP contribution in [-0.2, 0) is 0 Å². The van der Waals surface area contributed by atoms with E-state index in [9.17, 15) is 4.79 Å². The first-order chi connectivity index (χ1) is 10.6. The number of carbonyl (C=O) groups excluding carboxylic acids is 1. The number of hydrogen-bond acceptors (Lipinski definition) is 3. The largest absolute Gasteiger partial charge is 0.337 e. The molecular formula is C16H19BrN4O. The molecular weight excluding hydrogens is 344 g/mol. The van der Waals surface area contributed by atoms with E-state index in [2.05, 4.69) is 21.0 Å². The second-order valence-electron chi connectivity index (χ2n) is 5.70. The van der Waals surface area contributed by atoms with Crippen LogP contribution in [0, 0.1) is 12.8 Å². The highest BCUT2D eigenvalue weighted by Gasteiger charge is 2.27. The molecule has 1 aliphatic heterocycles. The molecule has 116 valence electrons. The summed E-state index contributed by atoms with van der Waals surface area (Å²) in [6.07, 6.45) is 0.981. The lowest BCUT2D eigenvalue weighted by Crippen LogP contribution is -2.30. The summed E-state index contributed by atoms with van der Waals surface area (Å²) in [5.41, 5.74) is 8.08. The van der Waals surface area contributed by atoms with Crippen molar-refractivity contribution in [3.63, 3.8) is 0 Å². The molecule has 2 heterocycles. The Labute approximate surface area is 138 Å². The highest BCUT2D eigenvalue weighted by molar-refractivity contribution is 9.10. The fourth-order valence-corrected chi connectivity index (χ4v) is 3.06. The minimum atomic E-state index is -0.00471. The van der Waals surface area contributed by atoms with Crippen LogP contribution in [-0.4, -0.2) is 40.2 Å². The van der Waals surface area contributed by atoms with Gasteiger partial charge in [-0.05, 0) is 56.1 Å². The van der Waals surface area contributed by atoms with E-state index in [1.54, 1.807) is 4.68 Å². The maximum Gasteiger partial charge on any atom is 0.274 e. The summed E-state index contributed by atoms with van der Waals surface area (Å²) in [6, 6.07) is 9.71. The van der Waals surface area contributed by atoms with Crippen LogP contribution < -0.4 is 5.73 Å². The molecule has 1 atom stereocenters. The summed E-state index contributed by atoms with van der Waals surface area (Å²) in [6.45, 7) is 4.10. The number of nitrogens with two attached hydrogens (primary N) is 1. The highest BCUT2D eigenvalue weighted by Crippen LogP contribution is 2.20. The first kappa shape index (κ1) is 15.2. The molecule has 0 spiro atoms. The van der Waals surface area contributed by atoms with Crippen molar-refractivity contribution in [2.24, 2.45) is 11.7 Å². The Kier molecular flexibility index (Phi) is 4.31. The van der Waals surface area contributed by atoms with E-state index >= 15 is 0 Å². The Bertz CT molecular complexity index is 680. The van der Waals surface area contributed by atoms with E-state index in [1.807, 2.05) is 42.2 Å². The summed E-state index contributed by atoms with van der Waals surface area (Å²) in [7, 11) is 0. The molecule has 0 bridgehead atoms. The lowest BCUT2D eigenvalue weighted by Gasteiger charge is -2.14. The molecule has 3 rings (SSSR count). The highest BCUT2D eigenvalue weighted by atomic mass is 79.9. The number of hydrogen-bond donors (Lipinski definition) is 1. The second-order valence-corrected chi connectivity index (χ2v) is 6.62. The third-order valence-electron chi connectivity index (χ3n) is 4.08. The van der Waals surface area contributed by atoms with Gasteiger partial charge in [-0.15, -0.1) is 0 Å². The first-order valence-corrected chi connectivity index (χ1v) is 8.19. The van der Waals surface area contributed by atoms with Gasteiger partial charge >= 0.3 is 0 Å². The zero-order chi connectivity index (χ0) is 15.7. The predicted molar refractivity (Wildman–Crippen MR) is 89.1 cm³/mol. The maximum absolute atomic E-state index is 12.6. The van der Waals surface area contributed by atoms with Crippen LogP contribution >= 0.6 is 15.9 Å². The Morgan fingerprint density at radius 1 is 1.41 bits per heavy atom. The summed E-state index contributed by atoms with van der Waals surface area (Å²) in [5, 5.41) is 4.48. The average molecular weight is 363 g/mol. The number of benzene rings is 1. The van der Waals surface area contributed by atoms with Crippen LogP contribution in [0.25, 0.3) is 5.69 Å². The van der Waals surface area contributed by atoms with Crippen molar-refractivity contribution in [2.45, 2.75) is 13.3 Å². The van der Waals surface area contributed by atoms with Crippen LogP contribution in [0.4, 0.5) is 0 Å². The van der Waals surface area contributed by atoms with Gasteiger partial charge in [0.05, 0.1) is 5.69 Å². The number of nitrogens with zero attached hydrogens (tertiary/aromatic N) is 3. The van der Waals surface area contributed by atoms with Crippen molar-refractivity contribution in [1.82, 2.24) is 14.7 Å². The minimum Gasteiger partial charge on any atom is -0.337 e. The smallest absolute Gasteiger partial charge is 0.274 e. The fraction of sp³-hybridized carbons (Fsp3) is 0.375. The first-order valence-electron chi connectivity index (χ1n) is 7.40. The summed E-state index contributed by atoms with van der Waals surface area (Å²) in [5.74, 6) is 0.411. The minimum absolute atomic E-state index is 0.00471. The monoisotopic (exact) mass is 362 g/mol. The molecule has 22 heavy (non-hydrogen) atoms. The molecule has 1 amide bonds. The normalized spacial score (nSPS) is 18.0. The molecule has 1 fully saturated rings. The summed E-state index contributed by atoms with van der Waals surface area (Å²) < 4.78 is 2.82. The quantitative estimate of drug-likeness (QED) is 0.911. The van der Waals surface area contributed by atoms with Gasteiger partial charge in [-0.2, -0.15) is 5.10 Å². The molecule has 0 saturated carbocycles. The average Bonchev–Trinajstić information content (AvgIpc) is 3.14. The van der Waals surface area contributed by atoms with Crippen LogP contribution in [0.3, 0.4) is 0 Å². The molecule has 1 saturated heterocycles. The zero-order valence-electron chi connectivity index (χ0n) is 12.5. The van der Waals surface area contributed by atoms with Crippen molar-refractivity contribution >= 4 is 21.8 Å². The van der Waals surface area contributed by atoms with E-state index in [-0.39, 0.29) is 5.91 Å². The van der Waals surface area contributed by atoms with Crippen molar-refractivity contribution in [1.29, 1.82) is 0 Å². The fourth-order valence-electron chi connectivity index (χ4n) is 2.79. The number of aromatic nitrogens is 2. The summed E-state index contributed by atoms with van der Waals surface area (Å²) >= 11 is 3.42. The van der Waals surface area contributed by atoms with E-state index in [1.165, 1.54) is 0 Å². The maximum atomic E-state index is 12.6. The molecule has 6 heteroatoms. The summed E-state index contributed by atoms with van der Waals surface area (Å²) in [4.78, 5) is 14.4. The molecule has 0 aliphatic carbocycles. The van der Waals surface area contributed by atoms with Gasteiger partial charge in [0.2, 0.25) is 0 Å². The molecule has 1 aliphatic rings. The number of amides is 1. The van der Waals surface area contributed by atoms with Crippen molar-refractivity contribution < 1.29 is 4.79 Å². The second kappa shape index (κ2) is 6.22. The number of likely N-dealkylation sites (tertiary alicyclic amines) is 1. The Hall–Kier alpha value is -1.66. The van der Waals surface area contributed by atoms with Gasteiger partial charge in [-0.25, -0.2) is 4.68 Å². The van der Waals surface area contributed by atoms with Crippen LogP contribution in [0.15, 0.2) is 34.8 Å². The molecule has 5 nitrogen and oxygen atoms in total. The van der Waals surface area contributed by atoms with E-state index in [0.29, 0.717) is 18.2 Å². The molecule has 0 radical (unpaired) electrons. The standard InChI is InChI=1S/C16H19BrN4O/c1-11-8-15(16(22)20-7-6-12(9-18)10-20)19-21(11)14-4-2-13(17)3-5-14/h2-5,8,12H,6-7,9-10,18H2,1H3/t12-/m0/s1. The lowest BCUT2D eigenvalue weighted by molar-refractivity contribution is 0.0781. The Morgan fingerprint density at radius 3 is 2.77 bits per heavy atom. The lowest BCUT2D eigenvalue weighted by atomic mass is 10.1. The zero-order valence-corrected chi connectivity index (χ0v) is 14.1. The van der Waals surface area contributed by atoms with E-state index in [0.717, 1.165) is 35.4 Å². The molecule has 1 aromatic carbocycles. The Balaban J connectivity index is 1.83. The number of aryl methyl sites for hydroxylation is 1. The molecule has 2 aromatic rings.